The third kappa shape index (κ3) is 2.91. The molecule has 0 saturated heterocycles. The molecule has 0 N–H and O–H groups in total. The van der Waals surface area contributed by atoms with E-state index >= 15 is 0 Å². The summed E-state index contributed by atoms with van der Waals surface area (Å²) in [6.07, 6.45) is 0. The van der Waals surface area contributed by atoms with Crippen LogP contribution in [-0.4, -0.2) is 4.98 Å². The molecule has 0 fully saturated rings. The fourth-order valence-corrected chi connectivity index (χ4v) is 1.80. The summed E-state index contributed by atoms with van der Waals surface area (Å²) in [7, 11) is 0. The first-order valence-corrected chi connectivity index (χ1v) is 5.19. The third-order valence-corrected chi connectivity index (χ3v) is 2.55. The van der Waals surface area contributed by atoms with Crippen LogP contribution in [0, 0.1) is 6.92 Å². The van der Waals surface area contributed by atoms with Crippen LogP contribution in [0.2, 0.25) is 0 Å². The van der Waals surface area contributed by atoms with Crippen molar-refractivity contribution in [1.82, 2.24) is 4.98 Å². The Balaban J connectivity index is 0.000000461. The predicted octanol–water partition coefficient (Wildman–Crippen LogP) is 3.54. The topological polar surface area (TPSA) is 12.9 Å². The molecule has 0 aromatic carbocycles. The zero-order valence-electron chi connectivity index (χ0n) is 7.50. The number of rotatable bonds is 1. The Labute approximate surface area is 95.3 Å². The second-order valence-electron chi connectivity index (χ2n) is 2.64. The third-order valence-electron chi connectivity index (χ3n) is 1.66. The summed E-state index contributed by atoms with van der Waals surface area (Å²) in [5.74, 6) is 0. The molecule has 0 atom stereocenters. The Morgan fingerprint density at radius 2 is 2.00 bits per heavy atom. The van der Waals surface area contributed by atoms with Crippen LogP contribution < -0.4 is 0 Å². The van der Waals surface area contributed by atoms with Gasteiger partial charge in [-0.3, -0.25) is 4.98 Å². The van der Waals surface area contributed by atoms with Gasteiger partial charge >= 0.3 is 20.0 Å². The maximum atomic E-state index is 9.06. The molecule has 0 bridgehead atoms. The van der Waals surface area contributed by atoms with Gasteiger partial charge in [0.1, 0.15) is 0 Å². The molecule has 0 saturated carbocycles. The van der Waals surface area contributed by atoms with Crippen molar-refractivity contribution < 1.29 is 20.0 Å². The quantitative estimate of drug-likeness (QED) is 0.712. The van der Waals surface area contributed by atoms with E-state index in [1.165, 1.54) is 4.88 Å². The fraction of sp³-hybridized carbons (Fsp3) is 0.100. The van der Waals surface area contributed by atoms with E-state index < -0.39 is 0 Å². The van der Waals surface area contributed by atoms with Crippen molar-refractivity contribution in [3.63, 3.8) is 0 Å². The molecule has 2 heterocycles. The van der Waals surface area contributed by atoms with E-state index in [1.54, 1.807) is 11.3 Å². The molecule has 0 radical (unpaired) electrons. The molecule has 0 spiro atoms. The Morgan fingerprint density at radius 1 is 1.21 bits per heavy atom. The van der Waals surface area contributed by atoms with E-state index in [-0.39, 0.29) is 0 Å². The summed E-state index contributed by atoms with van der Waals surface area (Å²) in [6.45, 7) is 2.01. The molecule has 14 heavy (non-hydrogen) atoms. The van der Waals surface area contributed by atoms with Crippen molar-refractivity contribution in [1.29, 1.82) is 0 Å². The van der Waals surface area contributed by atoms with Crippen LogP contribution in [0.15, 0.2) is 35.7 Å². The van der Waals surface area contributed by atoms with E-state index in [1.807, 2.05) is 31.2 Å². The first-order chi connectivity index (χ1) is 6.86. The molecule has 0 unspecified atom stereocenters. The second-order valence-corrected chi connectivity index (χ2v) is 3.59. The number of hydrogen-bond acceptors (Lipinski definition) is 2. The van der Waals surface area contributed by atoms with E-state index in [0.717, 1.165) is 11.4 Å². The summed E-state index contributed by atoms with van der Waals surface area (Å²) in [5.41, 5.74) is 2.14. The van der Waals surface area contributed by atoms with Crippen molar-refractivity contribution >= 4 is 11.3 Å². The standard InChI is InChI=1S/C10H9NS.Cu.FH/c1-8-4-2-5-9(11-8)10-6-3-7-12-10;;/h2-7H,1H3;;1H/q;+1;/p-1. The summed E-state index contributed by atoms with van der Waals surface area (Å²) in [6, 6.07) is 10.2. The zero-order valence-corrected chi connectivity index (χ0v) is 9.26. The summed E-state index contributed by atoms with van der Waals surface area (Å²) < 4.78 is 9.06. The normalized spacial score (nSPS) is 9.14. The molecule has 1 nitrogen and oxygen atoms in total. The van der Waals surface area contributed by atoms with Gasteiger partial charge < -0.3 is 0 Å². The number of aromatic nitrogens is 1. The van der Waals surface area contributed by atoms with Gasteiger partial charge in [-0.1, -0.05) is 12.1 Å². The Hall–Kier alpha value is -0.701. The molecule has 4 heteroatoms. The van der Waals surface area contributed by atoms with Gasteiger partial charge in [0, 0.05) is 5.69 Å². The molecule has 2 rings (SSSR count). The van der Waals surface area contributed by atoms with Gasteiger partial charge in [-0.15, -0.1) is 11.3 Å². The average Bonchev–Trinajstić information content (AvgIpc) is 2.74. The van der Waals surface area contributed by atoms with E-state index in [0.29, 0.717) is 0 Å². The van der Waals surface area contributed by atoms with Crippen molar-refractivity contribution in [3.8, 4) is 10.6 Å². The number of nitrogens with zero attached hydrogens (tertiary/aromatic N) is 1. The number of hydrogen-bond donors (Lipinski definition) is 0. The molecular weight excluding hydrogens is 249 g/mol. The molecule has 0 amide bonds. The Bertz CT molecular complexity index is 375. The van der Waals surface area contributed by atoms with Crippen LogP contribution in [0.5, 0.6) is 0 Å². The van der Waals surface area contributed by atoms with Crippen LogP contribution in [0.25, 0.3) is 10.6 Å². The summed E-state index contributed by atoms with van der Waals surface area (Å²) in [5, 5.41) is 2.07. The van der Waals surface area contributed by atoms with Gasteiger partial charge in [-0.2, -0.15) is 0 Å². The zero-order chi connectivity index (χ0) is 10.4. The number of pyridine rings is 1. The Morgan fingerprint density at radius 3 is 2.57 bits per heavy atom. The molecule has 78 valence electrons. The van der Waals surface area contributed by atoms with Gasteiger partial charge in [0.15, 0.2) is 0 Å². The fourth-order valence-electron chi connectivity index (χ4n) is 1.10. The van der Waals surface area contributed by atoms with Crippen molar-refractivity contribution in [2.75, 3.05) is 0 Å². The monoisotopic (exact) mass is 257 g/mol. The molecule has 0 aliphatic rings. The van der Waals surface area contributed by atoms with Gasteiger partial charge in [0.2, 0.25) is 0 Å². The summed E-state index contributed by atoms with van der Waals surface area (Å²) in [4.78, 5) is 5.66. The average molecular weight is 258 g/mol. The number of thiophene rings is 1. The molecule has 2 aromatic rings. The van der Waals surface area contributed by atoms with Crippen LogP contribution in [0.3, 0.4) is 0 Å². The van der Waals surface area contributed by atoms with Gasteiger partial charge in [-0.25, -0.2) is 0 Å². The maximum absolute atomic E-state index is 9.06. The van der Waals surface area contributed by atoms with Gasteiger partial charge in [0.25, 0.3) is 0 Å². The molecule has 2 aromatic heterocycles. The van der Waals surface area contributed by atoms with Crippen molar-refractivity contribution in [2.24, 2.45) is 0 Å². The summed E-state index contributed by atoms with van der Waals surface area (Å²) >= 11 is 4.41. The van der Waals surface area contributed by atoms with Crippen LogP contribution in [-0.2, 0) is 16.5 Å². The van der Waals surface area contributed by atoms with Crippen molar-refractivity contribution in [3.05, 3.63) is 41.4 Å². The van der Waals surface area contributed by atoms with E-state index in [9.17, 15) is 0 Å². The second kappa shape index (κ2) is 5.91. The molecule has 0 aliphatic heterocycles. The molecular formula is C10H9CuFNS. The van der Waals surface area contributed by atoms with E-state index in [4.69, 9.17) is 3.55 Å². The SMILES string of the molecule is Cc1cccc(-c2cccs2)n1.[F][Cu]. The first-order valence-electron chi connectivity index (χ1n) is 3.95. The predicted molar refractivity (Wildman–Crippen MR) is 53.4 cm³/mol. The van der Waals surface area contributed by atoms with E-state index in [2.05, 4.69) is 32.9 Å². The number of halogens is 1. The molecule has 0 aliphatic carbocycles. The van der Waals surface area contributed by atoms with Gasteiger partial charge in [-0.05, 0) is 30.5 Å². The number of aryl methyl sites for hydroxylation is 1. The minimum atomic E-state index is 1.07. The first kappa shape index (κ1) is 11.4. The Kier molecular flexibility index (Phi) is 4.80. The van der Waals surface area contributed by atoms with Crippen LogP contribution in [0.4, 0.5) is 3.55 Å². The van der Waals surface area contributed by atoms with Crippen LogP contribution >= 0.6 is 11.3 Å². The van der Waals surface area contributed by atoms with Crippen molar-refractivity contribution in [2.45, 2.75) is 6.92 Å². The van der Waals surface area contributed by atoms with Crippen LogP contribution in [0.1, 0.15) is 5.69 Å². The van der Waals surface area contributed by atoms with Gasteiger partial charge in [0.05, 0.1) is 10.6 Å². The minimum absolute atomic E-state index is 1.07.